The highest BCUT2D eigenvalue weighted by atomic mass is 32.2. The van der Waals surface area contributed by atoms with Crippen LogP contribution in [-0.4, -0.2) is 36.9 Å². The lowest BCUT2D eigenvalue weighted by atomic mass is 10.1. The quantitative estimate of drug-likeness (QED) is 0.608. The molecule has 0 atom stereocenters. The molecule has 0 saturated carbocycles. The number of carbonyl (C=O) groups excluding carboxylic acids is 1. The van der Waals surface area contributed by atoms with Crippen LogP contribution in [0.3, 0.4) is 0 Å². The molecule has 0 amide bonds. The Morgan fingerprint density at radius 1 is 1.36 bits per heavy atom. The molecule has 1 rings (SSSR count). The van der Waals surface area contributed by atoms with E-state index >= 15 is 0 Å². The number of rotatable bonds is 7. The Bertz CT molecular complexity index is 639. The summed E-state index contributed by atoms with van der Waals surface area (Å²) in [5.41, 5.74) is -0.576. The average Bonchev–Trinajstić information content (AvgIpc) is 2.39. The fourth-order valence-electron chi connectivity index (χ4n) is 1.40. The molecule has 0 heterocycles. The zero-order chi connectivity index (χ0) is 17.0. The van der Waals surface area contributed by atoms with Crippen LogP contribution in [0.4, 0.5) is 4.39 Å². The Kier molecular flexibility index (Phi) is 5.90. The third-order valence-corrected chi connectivity index (χ3v) is 3.66. The predicted octanol–water partition coefficient (Wildman–Crippen LogP) is 2.44. The van der Waals surface area contributed by atoms with Gasteiger partial charge in [0.2, 0.25) is 0 Å². The molecular formula is C14H19FO6S. The number of hydrogen-bond donors (Lipinski definition) is 1. The van der Waals surface area contributed by atoms with E-state index in [0.29, 0.717) is 6.42 Å². The van der Waals surface area contributed by atoms with Gasteiger partial charge in [0, 0.05) is 0 Å². The Morgan fingerprint density at radius 2 is 2.00 bits per heavy atom. The van der Waals surface area contributed by atoms with Crippen LogP contribution in [0.5, 0.6) is 5.75 Å². The molecule has 0 aliphatic carbocycles. The standard InChI is InChI=1S/C14H19FO6S/c1-4-14(2,3)21-12-9-10(5-6-11(12)15)13(16)20-7-8-22(17,18)19/h5-6,9H,4,7-8H2,1-3H3,(H,17,18,19). The Morgan fingerprint density at radius 3 is 2.55 bits per heavy atom. The molecule has 8 heteroatoms. The lowest BCUT2D eigenvalue weighted by Crippen LogP contribution is -2.27. The molecule has 0 aromatic heterocycles. The summed E-state index contributed by atoms with van der Waals surface area (Å²) in [6, 6.07) is 3.47. The molecule has 1 N–H and O–H groups in total. The molecule has 0 aliphatic heterocycles. The predicted molar refractivity (Wildman–Crippen MR) is 78.1 cm³/mol. The molecule has 0 aliphatic rings. The average molecular weight is 334 g/mol. The fourth-order valence-corrected chi connectivity index (χ4v) is 1.70. The molecule has 0 radical (unpaired) electrons. The summed E-state index contributed by atoms with van der Waals surface area (Å²) in [6.07, 6.45) is 0.634. The SMILES string of the molecule is CCC(C)(C)Oc1cc(C(=O)OCCS(=O)(=O)O)ccc1F. The highest BCUT2D eigenvalue weighted by Crippen LogP contribution is 2.25. The normalized spacial score (nSPS) is 12.0. The van der Waals surface area contributed by atoms with E-state index in [0.717, 1.165) is 6.07 Å². The second-order valence-corrected chi connectivity index (χ2v) is 6.85. The zero-order valence-corrected chi connectivity index (χ0v) is 13.4. The van der Waals surface area contributed by atoms with E-state index in [2.05, 4.69) is 0 Å². The highest BCUT2D eigenvalue weighted by Gasteiger charge is 2.20. The van der Waals surface area contributed by atoms with Crippen LogP contribution in [0.2, 0.25) is 0 Å². The van der Waals surface area contributed by atoms with E-state index in [1.54, 1.807) is 13.8 Å². The van der Waals surface area contributed by atoms with E-state index in [1.165, 1.54) is 12.1 Å². The maximum atomic E-state index is 13.7. The van der Waals surface area contributed by atoms with Crippen LogP contribution in [0.15, 0.2) is 18.2 Å². The van der Waals surface area contributed by atoms with Crippen molar-refractivity contribution in [2.45, 2.75) is 32.8 Å². The maximum Gasteiger partial charge on any atom is 0.338 e. The van der Waals surface area contributed by atoms with Crippen LogP contribution in [0, 0.1) is 5.82 Å². The van der Waals surface area contributed by atoms with Gasteiger partial charge in [-0.3, -0.25) is 4.55 Å². The summed E-state index contributed by atoms with van der Waals surface area (Å²) < 4.78 is 53.5. The number of esters is 1. The number of ether oxygens (including phenoxy) is 2. The summed E-state index contributed by atoms with van der Waals surface area (Å²) in [7, 11) is -4.21. The topological polar surface area (TPSA) is 89.9 Å². The first-order valence-electron chi connectivity index (χ1n) is 6.65. The van der Waals surface area contributed by atoms with Crippen molar-refractivity contribution in [2.24, 2.45) is 0 Å². The Balaban J connectivity index is 2.82. The van der Waals surface area contributed by atoms with Crippen molar-refractivity contribution in [1.82, 2.24) is 0 Å². The van der Waals surface area contributed by atoms with Gasteiger partial charge in [-0.1, -0.05) is 6.92 Å². The first-order chi connectivity index (χ1) is 10.0. The molecule has 1 aromatic carbocycles. The first kappa shape index (κ1) is 18.4. The summed E-state index contributed by atoms with van der Waals surface area (Å²) in [5.74, 6) is -2.23. The summed E-state index contributed by atoms with van der Waals surface area (Å²) in [6.45, 7) is 4.95. The van der Waals surface area contributed by atoms with Crippen molar-refractivity contribution in [3.63, 3.8) is 0 Å². The smallest absolute Gasteiger partial charge is 0.338 e. The van der Waals surface area contributed by atoms with Gasteiger partial charge in [0.05, 0.1) is 5.56 Å². The Hall–Kier alpha value is -1.67. The summed E-state index contributed by atoms with van der Waals surface area (Å²) in [4.78, 5) is 11.8. The van der Waals surface area contributed by atoms with Gasteiger partial charge in [0.1, 0.15) is 18.0 Å². The fraction of sp³-hybridized carbons (Fsp3) is 0.500. The number of benzene rings is 1. The summed E-state index contributed by atoms with van der Waals surface area (Å²) >= 11 is 0. The number of halogens is 1. The molecule has 22 heavy (non-hydrogen) atoms. The zero-order valence-electron chi connectivity index (χ0n) is 12.6. The molecule has 0 spiro atoms. The van der Waals surface area contributed by atoms with E-state index in [9.17, 15) is 17.6 Å². The second kappa shape index (κ2) is 7.06. The van der Waals surface area contributed by atoms with Crippen molar-refractivity contribution >= 4 is 16.1 Å². The van der Waals surface area contributed by atoms with E-state index in [1.807, 2.05) is 6.92 Å². The minimum Gasteiger partial charge on any atom is -0.485 e. The molecule has 124 valence electrons. The van der Waals surface area contributed by atoms with Gasteiger partial charge in [-0.05, 0) is 38.5 Å². The minimum absolute atomic E-state index is 0.0265. The van der Waals surface area contributed by atoms with Crippen molar-refractivity contribution in [1.29, 1.82) is 0 Å². The lowest BCUT2D eigenvalue weighted by molar-refractivity contribution is 0.0525. The number of carbonyl (C=O) groups is 1. The molecule has 0 fully saturated rings. The second-order valence-electron chi connectivity index (χ2n) is 5.28. The minimum atomic E-state index is -4.21. The van der Waals surface area contributed by atoms with Crippen molar-refractivity contribution in [3.05, 3.63) is 29.6 Å². The third-order valence-electron chi connectivity index (χ3n) is 2.98. The Labute approximate surface area is 129 Å². The van der Waals surface area contributed by atoms with Gasteiger partial charge in [0.15, 0.2) is 11.6 Å². The van der Waals surface area contributed by atoms with Crippen LogP contribution in [-0.2, 0) is 14.9 Å². The molecule has 1 aromatic rings. The van der Waals surface area contributed by atoms with Crippen LogP contribution < -0.4 is 4.74 Å². The number of hydrogen-bond acceptors (Lipinski definition) is 5. The van der Waals surface area contributed by atoms with E-state index in [4.69, 9.17) is 14.0 Å². The van der Waals surface area contributed by atoms with Crippen molar-refractivity contribution in [3.8, 4) is 5.75 Å². The maximum absolute atomic E-state index is 13.7. The molecular weight excluding hydrogens is 315 g/mol. The molecule has 6 nitrogen and oxygen atoms in total. The van der Waals surface area contributed by atoms with Crippen LogP contribution >= 0.6 is 0 Å². The van der Waals surface area contributed by atoms with Gasteiger partial charge in [-0.15, -0.1) is 0 Å². The van der Waals surface area contributed by atoms with Crippen molar-refractivity contribution < 1.29 is 31.6 Å². The van der Waals surface area contributed by atoms with Crippen molar-refractivity contribution in [2.75, 3.05) is 12.4 Å². The highest BCUT2D eigenvalue weighted by molar-refractivity contribution is 7.85. The van der Waals surface area contributed by atoms with Gasteiger partial charge >= 0.3 is 5.97 Å². The summed E-state index contributed by atoms with van der Waals surface area (Å²) in [5, 5.41) is 0. The van der Waals surface area contributed by atoms with E-state index in [-0.39, 0.29) is 11.3 Å². The van der Waals surface area contributed by atoms with Crippen LogP contribution in [0.1, 0.15) is 37.6 Å². The largest absolute Gasteiger partial charge is 0.485 e. The monoisotopic (exact) mass is 334 g/mol. The molecule has 0 saturated heterocycles. The first-order valence-corrected chi connectivity index (χ1v) is 8.26. The van der Waals surface area contributed by atoms with Gasteiger partial charge < -0.3 is 9.47 Å². The third kappa shape index (κ3) is 5.98. The lowest BCUT2D eigenvalue weighted by Gasteiger charge is -2.25. The molecule has 0 bridgehead atoms. The van der Waals surface area contributed by atoms with Gasteiger partial charge in [-0.2, -0.15) is 8.42 Å². The van der Waals surface area contributed by atoms with Crippen LogP contribution in [0.25, 0.3) is 0 Å². The van der Waals surface area contributed by atoms with Gasteiger partial charge in [-0.25, -0.2) is 9.18 Å². The van der Waals surface area contributed by atoms with E-state index < -0.39 is 39.9 Å². The van der Waals surface area contributed by atoms with Gasteiger partial charge in [0.25, 0.3) is 10.1 Å². The molecule has 0 unspecified atom stereocenters.